The molecule has 24 heavy (non-hydrogen) atoms. The lowest BCUT2D eigenvalue weighted by Crippen LogP contribution is -2.32. The quantitative estimate of drug-likeness (QED) is 0.613. The first-order valence-electron chi connectivity index (χ1n) is 7.81. The van der Waals surface area contributed by atoms with Crippen LogP contribution in [0.1, 0.15) is 36.1 Å². The summed E-state index contributed by atoms with van der Waals surface area (Å²) in [6.45, 7) is 3.74. The SMILES string of the molecule is CC[C@@H](NC(=O)COC(=O)/C=C/c1ccsc1)c1ccc(C)cc1. The van der Waals surface area contributed by atoms with Crippen LogP contribution in [0.5, 0.6) is 0 Å². The molecule has 0 radical (unpaired) electrons. The van der Waals surface area contributed by atoms with Crippen molar-refractivity contribution < 1.29 is 14.3 Å². The number of ether oxygens (including phenoxy) is 1. The molecule has 1 N–H and O–H groups in total. The summed E-state index contributed by atoms with van der Waals surface area (Å²) in [5, 5.41) is 6.73. The Labute approximate surface area is 146 Å². The molecule has 0 saturated carbocycles. The van der Waals surface area contributed by atoms with E-state index in [1.54, 1.807) is 17.4 Å². The van der Waals surface area contributed by atoms with E-state index in [1.807, 2.05) is 54.9 Å². The number of thiophene rings is 1. The summed E-state index contributed by atoms with van der Waals surface area (Å²) in [5.74, 6) is -0.834. The van der Waals surface area contributed by atoms with E-state index in [-0.39, 0.29) is 18.6 Å². The van der Waals surface area contributed by atoms with E-state index < -0.39 is 5.97 Å². The minimum Gasteiger partial charge on any atom is -0.452 e. The molecule has 1 amide bonds. The molecule has 5 heteroatoms. The molecule has 0 aliphatic carbocycles. The topological polar surface area (TPSA) is 55.4 Å². The summed E-state index contributed by atoms with van der Waals surface area (Å²) in [6, 6.07) is 9.84. The van der Waals surface area contributed by atoms with Gasteiger partial charge in [0.2, 0.25) is 0 Å². The summed E-state index contributed by atoms with van der Waals surface area (Å²) in [6.07, 6.45) is 3.76. The van der Waals surface area contributed by atoms with Crippen LogP contribution in [-0.2, 0) is 14.3 Å². The van der Waals surface area contributed by atoms with Gasteiger partial charge in [0.25, 0.3) is 5.91 Å². The lowest BCUT2D eigenvalue weighted by Gasteiger charge is -2.17. The van der Waals surface area contributed by atoms with Crippen LogP contribution in [0, 0.1) is 6.92 Å². The number of hydrogen-bond donors (Lipinski definition) is 1. The average Bonchev–Trinajstić information content (AvgIpc) is 3.10. The second-order valence-corrected chi connectivity index (χ2v) is 6.22. The molecule has 1 atom stereocenters. The molecule has 0 unspecified atom stereocenters. The molecule has 126 valence electrons. The number of rotatable bonds is 7. The van der Waals surface area contributed by atoms with Crippen LogP contribution in [0.4, 0.5) is 0 Å². The predicted molar refractivity (Wildman–Crippen MR) is 96.7 cm³/mol. The van der Waals surface area contributed by atoms with Crippen LogP contribution in [0.3, 0.4) is 0 Å². The minimum atomic E-state index is -0.528. The third-order valence-electron chi connectivity index (χ3n) is 3.52. The highest BCUT2D eigenvalue weighted by Crippen LogP contribution is 2.17. The molecule has 2 rings (SSSR count). The van der Waals surface area contributed by atoms with E-state index >= 15 is 0 Å². The number of esters is 1. The van der Waals surface area contributed by atoms with Gasteiger partial charge in [0.15, 0.2) is 6.61 Å². The summed E-state index contributed by atoms with van der Waals surface area (Å²) >= 11 is 1.55. The lowest BCUT2D eigenvalue weighted by molar-refractivity contribution is -0.144. The van der Waals surface area contributed by atoms with Crippen molar-refractivity contribution in [3.8, 4) is 0 Å². The summed E-state index contributed by atoms with van der Waals surface area (Å²) in [5.41, 5.74) is 3.15. The van der Waals surface area contributed by atoms with E-state index in [9.17, 15) is 9.59 Å². The Morgan fingerprint density at radius 3 is 2.62 bits per heavy atom. The van der Waals surface area contributed by atoms with Crippen molar-refractivity contribution in [3.05, 3.63) is 63.9 Å². The van der Waals surface area contributed by atoms with Crippen molar-refractivity contribution in [3.63, 3.8) is 0 Å². The van der Waals surface area contributed by atoms with Gasteiger partial charge in [-0.25, -0.2) is 4.79 Å². The molecule has 0 spiro atoms. The van der Waals surface area contributed by atoms with Crippen LogP contribution in [0.25, 0.3) is 6.08 Å². The van der Waals surface area contributed by atoms with Crippen molar-refractivity contribution >= 4 is 29.3 Å². The number of hydrogen-bond acceptors (Lipinski definition) is 4. The van der Waals surface area contributed by atoms with Gasteiger partial charge in [-0.05, 0) is 47.4 Å². The van der Waals surface area contributed by atoms with Crippen LogP contribution in [0.2, 0.25) is 0 Å². The van der Waals surface area contributed by atoms with Gasteiger partial charge in [-0.15, -0.1) is 0 Å². The molecular weight excluding hydrogens is 322 g/mol. The minimum absolute atomic E-state index is 0.0850. The van der Waals surface area contributed by atoms with Crippen LogP contribution in [0.15, 0.2) is 47.2 Å². The molecule has 0 fully saturated rings. The lowest BCUT2D eigenvalue weighted by atomic mass is 10.0. The molecule has 4 nitrogen and oxygen atoms in total. The number of aryl methyl sites for hydroxylation is 1. The number of amides is 1. The second kappa shape index (κ2) is 9.03. The van der Waals surface area contributed by atoms with Crippen molar-refractivity contribution in [1.29, 1.82) is 0 Å². The molecule has 1 aromatic carbocycles. The molecule has 1 heterocycles. The van der Waals surface area contributed by atoms with Gasteiger partial charge in [-0.1, -0.05) is 36.8 Å². The first-order chi connectivity index (χ1) is 11.6. The Kier molecular flexibility index (Phi) is 6.75. The summed E-state index contributed by atoms with van der Waals surface area (Å²) < 4.78 is 4.97. The molecule has 0 bridgehead atoms. The number of benzene rings is 1. The van der Waals surface area contributed by atoms with Gasteiger partial charge in [0, 0.05) is 6.08 Å². The molecule has 1 aromatic heterocycles. The van der Waals surface area contributed by atoms with Gasteiger partial charge < -0.3 is 10.1 Å². The van der Waals surface area contributed by atoms with Crippen LogP contribution < -0.4 is 5.32 Å². The first kappa shape index (κ1) is 17.9. The molecule has 2 aromatic rings. The molecule has 0 saturated heterocycles. The van der Waals surface area contributed by atoms with Gasteiger partial charge >= 0.3 is 5.97 Å². The highest BCUT2D eigenvalue weighted by molar-refractivity contribution is 7.08. The highest BCUT2D eigenvalue weighted by atomic mass is 32.1. The van der Waals surface area contributed by atoms with E-state index in [2.05, 4.69) is 5.32 Å². The monoisotopic (exact) mass is 343 g/mol. The van der Waals surface area contributed by atoms with Crippen LogP contribution >= 0.6 is 11.3 Å². The summed E-state index contributed by atoms with van der Waals surface area (Å²) in [4.78, 5) is 23.6. The standard InChI is InChI=1S/C19H21NO3S/c1-3-17(16-7-4-14(2)5-8-16)20-18(21)12-23-19(22)9-6-15-10-11-24-13-15/h4-11,13,17H,3,12H2,1-2H3,(H,20,21)/b9-6+/t17-/m1/s1. The Hall–Kier alpha value is -2.40. The Morgan fingerprint density at radius 1 is 1.25 bits per heavy atom. The maximum atomic E-state index is 12.0. The van der Waals surface area contributed by atoms with E-state index in [1.165, 1.54) is 11.6 Å². The molecular formula is C19H21NO3S. The fourth-order valence-corrected chi connectivity index (χ4v) is 2.80. The molecule has 0 aliphatic rings. The van der Waals surface area contributed by atoms with Gasteiger partial charge in [0.1, 0.15) is 0 Å². The number of nitrogens with one attached hydrogen (secondary N) is 1. The van der Waals surface area contributed by atoms with E-state index in [0.29, 0.717) is 0 Å². The number of carbonyl (C=O) groups excluding carboxylic acids is 2. The second-order valence-electron chi connectivity index (χ2n) is 5.44. The van der Waals surface area contributed by atoms with Crippen molar-refractivity contribution in [2.24, 2.45) is 0 Å². The Bertz CT molecular complexity index is 690. The van der Waals surface area contributed by atoms with Crippen molar-refractivity contribution in [2.75, 3.05) is 6.61 Å². The van der Waals surface area contributed by atoms with Gasteiger partial charge in [-0.3, -0.25) is 4.79 Å². The van der Waals surface area contributed by atoms with Gasteiger partial charge in [0.05, 0.1) is 6.04 Å². The van der Waals surface area contributed by atoms with Crippen LogP contribution in [-0.4, -0.2) is 18.5 Å². The zero-order valence-electron chi connectivity index (χ0n) is 13.8. The zero-order chi connectivity index (χ0) is 17.4. The Morgan fingerprint density at radius 2 is 2.00 bits per heavy atom. The maximum Gasteiger partial charge on any atom is 0.331 e. The average molecular weight is 343 g/mol. The fraction of sp³-hybridized carbons (Fsp3) is 0.263. The first-order valence-corrected chi connectivity index (χ1v) is 8.75. The van der Waals surface area contributed by atoms with Crippen molar-refractivity contribution in [1.82, 2.24) is 5.32 Å². The third kappa shape index (κ3) is 5.66. The maximum absolute atomic E-state index is 12.0. The fourth-order valence-electron chi connectivity index (χ4n) is 2.17. The van der Waals surface area contributed by atoms with E-state index in [4.69, 9.17) is 4.74 Å². The van der Waals surface area contributed by atoms with Gasteiger partial charge in [-0.2, -0.15) is 11.3 Å². The molecule has 0 aliphatic heterocycles. The third-order valence-corrected chi connectivity index (χ3v) is 4.23. The smallest absolute Gasteiger partial charge is 0.331 e. The summed E-state index contributed by atoms with van der Waals surface area (Å²) in [7, 11) is 0. The predicted octanol–water partition coefficient (Wildman–Crippen LogP) is 3.88. The number of carbonyl (C=O) groups is 2. The Balaban J connectivity index is 1.81. The largest absolute Gasteiger partial charge is 0.452 e. The van der Waals surface area contributed by atoms with E-state index in [0.717, 1.165) is 17.5 Å². The highest BCUT2D eigenvalue weighted by Gasteiger charge is 2.13. The van der Waals surface area contributed by atoms with Crippen molar-refractivity contribution in [2.45, 2.75) is 26.3 Å². The zero-order valence-corrected chi connectivity index (χ0v) is 14.6. The normalized spacial score (nSPS) is 12.1.